The van der Waals surface area contributed by atoms with Crippen LogP contribution in [0.2, 0.25) is 0 Å². The Labute approximate surface area is 118 Å². The molecule has 0 spiro atoms. The van der Waals surface area contributed by atoms with Crippen LogP contribution in [0.5, 0.6) is 0 Å². The van der Waals surface area contributed by atoms with Crippen LogP contribution < -0.4 is 5.32 Å². The summed E-state index contributed by atoms with van der Waals surface area (Å²) in [5.74, 6) is -0.268. The van der Waals surface area contributed by atoms with Crippen molar-refractivity contribution in [1.29, 1.82) is 0 Å². The summed E-state index contributed by atoms with van der Waals surface area (Å²) in [6, 6.07) is 9.30. The normalized spacial score (nSPS) is 9.85. The Morgan fingerprint density at radius 3 is 2.60 bits per heavy atom. The summed E-state index contributed by atoms with van der Waals surface area (Å²) in [6.07, 6.45) is -0.633. The van der Waals surface area contributed by atoms with Crippen molar-refractivity contribution >= 4 is 11.9 Å². The molecule has 0 aromatic heterocycles. The van der Waals surface area contributed by atoms with Gasteiger partial charge in [-0.25, -0.2) is 4.79 Å². The highest BCUT2D eigenvalue weighted by molar-refractivity contribution is 5.97. The molecule has 0 saturated carbocycles. The summed E-state index contributed by atoms with van der Waals surface area (Å²) in [6.45, 7) is 6.14. The number of ether oxygens (including phenoxy) is 2. The van der Waals surface area contributed by atoms with Crippen LogP contribution in [0, 0.1) is 0 Å². The summed E-state index contributed by atoms with van der Waals surface area (Å²) in [7, 11) is 0. The van der Waals surface area contributed by atoms with Gasteiger partial charge in [-0.05, 0) is 12.5 Å². The Hall–Kier alpha value is -2.14. The lowest BCUT2D eigenvalue weighted by Gasteiger charge is -2.08. The van der Waals surface area contributed by atoms with Gasteiger partial charge in [-0.1, -0.05) is 36.9 Å². The van der Waals surface area contributed by atoms with E-state index in [1.807, 2.05) is 37.3 Å². The second kappa shape index (κ2) is 8.87. The first-order valence-electron chi connectivity index (χ1n) is 6.36. The third-order valence-electron chi connectivity index (χ3n) is 2.48. The number of hydrogen-bond acceptors (Lipinski definition) is 4. The van der Waals surface area contributed by atoms with Crippen molar-refractivity contribution in [3.63, 3.8) is 0 Å². The van der Waals surface area contributed by atoms with Gasteiger partial charge in [-0.15, -0.1) is 0 Å². The fourth-order valence-corrected chi connectivity index (χ4v) is 1.36. The largest absolute Gasteiger partial charge is 0.445 e. The molecule has 0 aliphatic carbocycles. The summed E-state index contributed by atoms with van der Waals surface area (Å²) < 4.78 is 10.0. The molecule has 1 rings (SSSR count). The molecule has 1 amide bonds. The van der Waals surface area contributed by atoms with E-state index < -0.39 is 6.09 Å². The zero-order chi connectivity index (χ0) is 14.8. The molecule has 20 heavy (non-hydrogen) atoms. The lowest BCUT2D eigenvalue weighted by Crippen LogP contribution is -2.31. The topological polar surface area (TPSA) is 64.6 Å². The number of alkyl carbamates (subject to hydrolysis) is 1. The van der Waals surface area contributed by atoms with Crippen LogP contribution in [0.15, 0.2) is 42.5 Å². The summed E-state index contributed by atoms with van der Waals surface area (Å²) in [5, 5.41) is 2.38. The number of ketones is 1. The van der Waals surface area contributed by atoms with Crippen LogP contribution in [-0.4, -0.2) is 31.6 Å². The SMILES string of the molecule is C=C(COCC)C(=O)CNC(=O)OCc1ccccc1. The van der Waals surface area contributed by atoms with E-state index >= 15 is 0 Å². The third-order valence-corrected chi connectivity index (χ3v) is 2.48. The molecule has 0 bridgehead atoms. The van der Waals surface area contributed by atoms with Crippen LogP contribution >= 0.6 is 0 Å². The minimum atomic E-state index is -0.633. The molecule has 0 fully saturated rings. The first-order valence-corrected chi connectivity index (χ1v) is 6.36. The number of carbonyl (C=O) groups excluding carboxylic acids is 2. The maximum atomic E-state index is 11.6. The van der Waals surface area contributed by atoms with Crippen LogP contribution in [0.25, 0.3) is 0 Å². The minimum absolute atomic E-state index is 0.139. The molecular formula is C15H19NO4. The first kappa shape index (κ1) is 15.9. The second-order valence-corrected chi connectivity index (χ2v) is 4.08. The molecule has 108 valence electrons. The van der Waals surface area contributed by atoms with Crippen molar-refractivity contribution in [2.45, 2.75) is 13.5 Å². The predicted molar refractivity (Wildman–Crippen MR) is 75.3 cm³/mol. The molecule has 0 atom stereocenters. The lowest BCUT2D eigenvalue weighted by molar-refractivity contribution is -0.115. The van der Waals surface area contributed by atoms with Crippen LogP contribution in [-0.2, 0) is 20.9 Å². The van der Waals surface area contributed by atoms with Crippen molar-refractivity contribution < 1.29 is 19.1 Å². The standard InChI is InChI=1S/C15H19NO4/c1-3-19-10-12(2)14(17)9-16-15(18)20-11-13-7-5-4-6-8-13/h4-8H,2-3,9-11H2,1H3,(H,16,18). The van der Waals surface area contributed by atoms with E-state index in [2.05, 4.69) is 11.9 Å². The molecule has 0 radical (unpaired) electrons. The number of carbonyl (C=O) groups is 2. The minimum Gasteiger partial charge on any atom is -0.445 e. The molecule has 1 aromatic carbocycles. The number of hydrogen-bond donors (Lipinski definition) is 1. The van der Waals surface area contributed by atoms with Crippen LogP contribution in [0.1, 0.15) is 12.5 Å². The smallest absolute Gasteiger partial charge is 0.407 e. The molecular weight excluding hydrogens is 258 g/mol. The van der Waals surface area contributed by atoms with Crippen LogP contribution in [0.4, 0.5) is 4.79 Å². The lowest BCUT2D eigenvalue weighted by atomic mass is 10.2. The van der Waals surface area contributed by atoms with Crippen molar-refractivity contribution in [2.75, 3.05) is 19.8 Å². The number of rotatable bonds is 8. The van der Waals surface area contributed by atoms with Gasteiger partial charge >= 0.3 is 6.09 Å². The quantitative estimate of drug-likeness (QED) is 0.739. The zero-order valence-corrected chi connectivity index (χ0v) is 11.6. The van der Waals surface area contributed by atoms with E-state index in [1.165, 1.54) is 0 Å². The number of amides is 1. The first-order chi connectivity index (χ1) is 9.63. The van der Waals surface area contributed by atoms with Crippen molar-refractivity contribution in [3.05, 3.63) is 48.0 Å². The molecule has 0 unspecified atom stereocenters. The van der Waals surface area contributed by atoms with Gasteiger partial charge in [-0.3, -0.25) is 4.79 Å². The van der Waals surface area contributed by atoms with Gasteiger partial charge in [0, 0.05) is 12.2 Å². The van der Waals surface area contributed by atoms with E-state index in [1.54, 1.807) is 0 Å². The molecule has 0 saturated heterocycles. The summed E-state index contributed by atoms with van der Waals surface area (Å²) in [5.41, 5.74) is 1.21. The Morgan fingerprint density at radius 2 is 1.95 bits per heavy atom. The van der Waals surface area contributed by atoms with Gasteiger partial charge < -0.3 is 14.8 Å². The molecule has 1 N–H and O–H groups in total. The third kappa shape index (κ3) is 6.15. The van der Waals surface area contributed by atoms with Gasteiger partial charge in [-0.2, -0.15) is 0 Å². The fourth-order valence-electron chi connectivity index (χ4n) is 1.36. The summed E-state index contributed by atoms with van der Waals surface area (Å²) >= 11 is 0. The van der Waals surface area contributed by atoms with Gasteiger partial charge in [0.25, 0.3) is 0 Å². The van der Waals surface area contributed by atoms with Gasteiger partial charge in [0.1, 0.15) is 6.61 Å². The Bertz CT molecular complexity index is 456. The van der Waals surface area contributed by atoms with Gasteiger partial charge in [0.05, 0.1) is 13.2 Å². The molecule has 0 aliphatic heterocycles. The summed E-state index contributed by atoms with van der Waals surface area (Å²) in [4.78, 5) is 23.0. The average Bonchev–Trinajstić information content (AvgIpc) is 2.49. The van der Waals surface area contributed by atoms with Gasteiger partial charge in [0.2, 0.25) is 0 Å². The maximum absolute atomic E-state index is 11.6. The molecule has 5 nitrogen and oxygen atoms in total. The zero-order valence-electron chi connectivity index (χ0n) is 11.6. The Balaban J connectivity index is 2.23. The monoisotopic (exact) mass is 277 g/mol. The fraction of sp³-hybridized carbons (Fsp3) is 0.333. The maximum Gasteiger partial charge on any atom is 0.407 e. The highest BCUT2D eigenvalue weighted by Gasteiger charge is 2.10. The van der Waals surface area contributed by atoms with E-state index in [4.69, 9.17) is 9.47 Å². The van der Waals surface area contributed by atoms with Crippen molar-refractivity contribution in [2.24, 2.45) is 0 Å². The van der Waals surface area contributed by atoms with Gasteiger partial charge in [0.15, 0.2) is 5.78 Å². The Morgan fingerprint density at radius 1 is 1.25 bits per heavy atom. The second-order valence-electron chi connectivity index (χ2n) is 4.08. The number of nitrogens with one attached hydrogen (secondary N) is 1. The van der Waals surface area contributed by atoms with E-state index in [0.29, 0.717) is 12.2 Å². The number of Topliss-reactive ketones (excluding diaryl/α,β-unsaturated/α-hetero) is 1. The molecule has 0 heterocycles. The highest BCUT2D eigenvalue weighted by atomic mass is 16.5. The van der Waals surface area contributed by atoms with E-state index in [0.717, 1.165) is 5.56 Å². The average molecular weight is 277 g/mol. The highest BCUT2D eigenvalue weighted by Crippen LogP contribution is 2.00. The Kier molecular flexibility index (Phi) is 7.06. The number of benzene rings is 1. The molecule has 5 heteroatoms. The van der Waals surface area contributed by atoms with E-state index in [9.17, 15) is 9.59 Å². The molecule has 0 aliphatic rings. The van der Waals surface area contributed by atoms with Crippen molar-refractivity contribution in [3.8, 4) is 0 Å². The van der Waals surface area contributed by atoms with Crippen LogP contribution in [0.3, 0.4) is 0 Å². The predicted octanol–water partition coefficient (Wildman–Crippen LogP) is 2.07. The van der Waals surface area contributed by atoms with E-state index in [-0.39, 0.29) is 25.5 Å². The van der Waals surface area contributed by atoms with Crippen molar-refractivity contribution in [1.82, 2.24) is 5.32 Å². The molecule has 1 aromatic rings.